The predicted octanol–water partition coefficient (Wildman–Crippen LogP) is 1.22. The van der Waals surface area contributed by atoms with Gasteiger partial charge in [-0.2, -0.15) is 0 Å². The van der Waals surface area contributed by atoms with Crippen molar-refractivity contribution >= 4 is 5.97 Å². The molecule has 0 saturated heterocycles. The molecule has 1 aromatic rings. The third kappa shape index (κ3) is 1.24. The molecule has 5 nitrogen and oxygen atoms in total. The van der Waals surface area contributed by atoms with E-state index in [1.807, 2.05) is 0 Å². The van der Waals surface area contributed by atoms with Crippen molar-refractivity contribution in [3.8, 4) is 11.5 Å². The zero-order valence-electron chi connectivity index (χ0n) is 8.27. The van der Waals surface area contributed by atoms with Crippen LogP contribution in [0.25, 0.3) is 0 Å². The molecule has 80 valence electrons. The molecule has 0 saturated carbocycles. The summed E-state index contributed by atoms with van der Waals surface area (Å²) in [4.78, 5) is 11.3. The van der Waals surface area contributed by atoms with E-state index in [4.69, 9.17) is 9.47 Å². The molecular formula is C10H10O5. The van der Waals surface area contributed by atoms with Gasteiger partial charge in [0.25, 0.3) is 0 Å². The van der Waals surface area contributed by atoms with Crippen LogP contribution in [0.15, 0.2) is 6.07 Å². The molecular weight excluding hydrogens is 200 g/mol. The molecule has 15 heavy (non-hydrogen) atoms. The number of cyclic esters (lactones) is 1. The quantitative estimate of drug-likeness (QED) is 0.681. The Morgan fingerprint density at radius 2 is 2.13 bits per heavy atom. The summed E-state index contributed by atoms with van der Waals surface area (Å²) in [7, 11) is 1.37. The van der Waals surface area contributed by atoms with Gasteiger partial charge in [-0.25, -0.2) is 4.79 Å². The second-order valence-electron chi connectivity index (χ2n) is 3.30. The zero-order valence-corrected chi connectivity index (χ0v) is 8.27. The molecule has 0 bridgehead atoms. The molecule has 0 amide bonds. The van der Waals surface area contributed by atoms with Gasteiger partial charge in [0.2, 0.25) is 6.29 Å². The number of hydrogen-bond donors (Lipinski definition) is 2. The number of phenolic OH excluding ortho intramolecular Hbond substituents is 2. The van der Waals surface area contributed by atoms with Gasteiger partial charge in [-0.15, -0.1) is 0 Å². The van der Waals surface area contributed by atoms with Crippen LogP contribution in [0.3, 0.4) is 0 Å². The number of carbonyl (C=O) groups is 1. The lowest BCUT2D eigenvalue weighted by atomic mass is 10.0. The van der Waals surface area contributed by atoms with Crippen molar-refractivity contribution in [2.75, 3.05) is 7.11 Å². The monoisotopic (exact) mass is 210 g/mol. The first kappa shape index (κ1) is 9.79. The van der Waals surface area contributed by atoms with Crippen LogP contribution in [0, 0.1) is 6.92 Å². The molecule has 1 aliphatic rings. The van der Waals surface area contributed by atoms with Crippen LogP contribution in [0.2, 0.25) is 0 Å². The van der Waals surface area contributed by atoms with Gasteiger partial charge >= 0.3 is 5.97 Å². The summed E-state index contributed by atoms with van der Waals surface area (Å²) < 4.78 is 9.74. The Hall–Kier alpha value is -1.75. The van der Waals surface area contributed by atoms with E-state index in [0.29, 0.717) is 5.56 Å². The second kappa shape index (κ2) is 3.13. The summed E-state index contributed by atoms with van der Waals surface area (Å²) in [6.07, 6.45) is -0.896. The topological polar surface area (TPSA) is 76.0 Å². The molecule has 0 fully saturated rings. The first-order chi connectivity index (χ1) is 7.06. The third-order valence-electron chi connectivity index (χ3n) is 2.45. The molecule has 0 aromatic heterocycles. The molecule has 2 N–H and O–H groups in total. The van der Waals surface area contributed by atoms with Crippen molar-refractivity contribution in [3.05, 3.63) is 22.8 Å². The Labute approximate surface area is 85.9 Å². The van der Waals surface area contributed by atoms with Gasteiger partial charge < -0.3 is 19.7 Å². The first-order valence-corrected chi connectivity index (χ1v) is 4.35. The SMILES string of the molecule is CO[C@@H]1OC(=O)c2cc(O)c(C)c(O)c21. The molecule has 2 rings (SSSR count). The van der Waals surface area contributed by atoms with E-state index in [1.54, 1.807) is 6.92 Å². The van der Waals surface area contributed by atoms with E-state index in [1.165, 1.54) is 13.2 Å². The average Bonchev–Trinajstić information content (AvgIpc) is 2.52. The standard InChI is InChI=1S/C10H10O5/c1-4-6(11)3-5-7(8(4)12)10(14-2)15-9(5)13/h3,10-12H,1-2H3/t10-/m1/s1. The lowest BCUT2D eigenvalue weighted by Crippen LogP contribution is -2.00. The molecule has 0 aliphatic carbocycles. The van der Waals surface area contributed by atoms with Gasteiger partial charge in [-0.1, -0.05) is 0 Å². The molecule has 1 aromatic carbocycles. The van der Waals surface area contributed by atoms with Crippen molar-refractivity contribution in [2.45, 2.75) is 13.2 Å². The van der Waals surface area contributed by atoms with E-state index >= 15 is 0 Å². The smallest absolute Gasteiger partial charge is 0.341 e. The molecule has 1 atom stereocenters. The minimum Gasteiger partial charge on any atom is -0.508 e. The Bertz CT molecular complexity index is 438. The zero-order chi connectivity index (χ0) is 11.2. The second-order valence-corrected chi connectivity index (χ2v) is 3.30. The summed E-state index contributed by atoms with van der Waals surface area (Å²) in [6.45, 7) is 1.54. The maximum Gasteiger partial charge on any atom is 0.341 e. The summed E-state index contributed by atoms with van der Waals surface area (Å²) >= 11 is 0. The lowest BCUT2D eigenvalue weighted by molar-refractivity contribution is -0.0823. The summed E-state index contributed by atoms with van der Waals surface area (Å²) in [5, 5.41) is 19.2. The van der Waals surface area contributed by atoms with Crippen LogP contribution >= 0.6 is 0 Å². The minimum atomic E-state index is -0.896. The van der Waals surface area contributed by atoms with E-state index in [-0.39, 0.29) is 22.6 Å². The summed E-state index contributed by atoms with van der Waals surface area (Å²) in [5.74, 6) is -0.912. The molecule has 1 aliphatic heterocycles. The van der Waals surface area contributed by atoms with Gasteiger partial charge in [-0.3, -0.25) is 0 Å². The van der Waals surface area contributed by atoms with E-state index in [9.17, 15) is 15.0 Å². The average molecular weight is 210 g/mol. The van der Waals surface area contributed by atoms with E-state index in [0.717, 1.165) is 0 Å². The lowest BCUT2D eigenvalue weighted by Gasteiger charge is -2.11. The van der Waals surface area contributed by atoms with Crippen LogP contribution in [-0.4, -0.2) is 23.3 Å². The van der Waals surface area contributed by atoms with Crippen molar-refractivity contribution in [1.82, 2.24) is 0 Å². The number of benzene rings is 1. The highest BCUT2D eigenvalue weighted by atomic mass is 16.7. The molecule has 1 heterocycles. The number of carbonyl (C=O) groups excluding carboxylic acids is 1. The van der Waals surface area contributed by atoms with Gasteiger partial charge in [0.15, 0.2) is 0 Å². The van der Waals surface area contributed by atoms with E-state index in [2.05, 4.69) is 0 Å². The number of aromatic hydroxyl groups is 2. The number of methoxy groups -OCH3 is 1. The van der Waals surface area contributed by atoms with Crippen LogP contribution in [-0.2, 0) is 9.47 Å². The Morgan fingerprint density at radius 3 is 2.73 bits per heavy atom. The molecule has 0 spiro atoms. The number of fused-ring (bicyclic) bond motifs is 1. The van der Waals surface area contributed by atoms with Crippen LogP contribution in [0.1, 0.15) is 27.8 Å². The molecule has 0 radical (unpaired) electrons. The molecule has 0 unspecified atom stereocenters. The minimum absolute atomic E-state index is 0.139. The van der Waals surface area contributed by atoms with Gasteiger partial charge in [-0.05, 0) is 13.0 Å². The fraction of sp³-hybridized carbons (Fsp3) is 0.300. The fourth-order valence-electron chi connectivity index (χ4n) is 1.57. The van der Waals surface area contributed by atoms with Crippen LogP contribution in [0.5, 0.6) is 11.5 Å². The maximum atomic E-state index is 11.3. The van der Waals surface area contributed by atoms with Crippen molar-refractivity contribution < 1.29 is 24.5 Å². The Kier molecular flexibility index (Phi) is 2.04. The highest BCUT2D eigenvalue weighted by molar-refractivity contribution is 5.95. The van der Waals surface area contributed by atoms with Crippen LogP contribution < -0.4 is 0 Å². The van der Waals surface area contributed by atoms with Crippen LogP contribution in [0.4, 0.5) is 0 Å². The number of hydrogen-bond acceptors (Lipinski definition) is 5. The number of esters is 1. The maximum absolute atomic E-state index is 11.3. The fourth-order valence-corrected chi connectivity index (χ4v) is 1.57. The Balaban J connectivity index is 2.69. The van der Waals surface area contributed by atoms with E-state index < -0.39 is 12.3 Å². The highest BCUT2D eigenvalue weighted by Gasteiger charge is 2.35. The van der Waals surface area contributed by atoms with Crippen molar-refractivity contribution in [1.29, 1.82) is 0 Å². The number of phenols is 2. The highest BCUT2D eigenvalue weighted by Crippen LogP contribution is 2.42. The largest absolute Gasteiger partial charge is 0.508 e. The summed E-state index contributed by atoms with van der Waals surface area (Å²) in [5.41, 5.74) is 0.717. The normalized spacial score (nSPS) is 18.8. The number of ether oxygens (including phenoxy) is 2. The van der Waals surface area contributed by atoms with Crippen molar-refractivity contribution in [2.24, 2.45) is 0 Å². The van der Waals surface area contributed by atoms with Gasteiger partial charge in [0.1, 0.15) is 11.5 Å². The first-order valence-electron chi connectivity index (χ1n) is 4.35. The predicted molar refractivity (Wildman–Crippen MR) is 49.7 cm³/mol. The summed E-state index contributed by atoms with van der Waals surface area (Å²) in [6, 6.07) is 1.27. The van der Waals surface area contributed by atoms with Crippen molar-refractivity contribution in [3.63, 3.8) is 0 Å². The third-order valence-corrected chi connectivity index (χ3v) is 2.45. The van der Waals surface area contributed by atoms with Gasteiger partial charge in [0.05, 0.1) is 11.1 Å². The number of rotatable bonds is 1. The Morgan fingerprint density at radius 1 is 1.47 bits per heavy atom. The van der Waals surface area contributed by atoms with Gasteiger partial charge in [0, 0.05) is 12.7 Å². The molecule has 5 heteroatoms.